The molecule has 0 bridgehead atoms. The third kappa shape index (κ3) is 3.45. The Morgan fingerprint density at radius 2 is 2.25 bits per heavy atom. The molecule has 0 aliphatic heterocycles. The number of nitrogens with zero attached hydrogens (tertiary/aromatic N) is 1. The minimum Gasteiger partial charge on any atom is -0.388 e. The summed E-state index contributed by atoms with van der Waals surface area (Å²) in [5.74, 6) is -0.176. The van der Waals surface area contributed by atoms with E-state index < -0.39 is 5.60 Å². The van der Waals surface area contributed by atoms with E-state index in [0.717, 1.165) is 9.88 Å². The van der Waals surface area contributed by atoms with Gasteiger partial charge in [0.2, 0.25) is 0 Å². The average molecular weight is 310 g/mol. The molecule has 108 valence electrons. The Labute approximate surface area is 126 Å². The normalized spacial score (nSPS) is 14.2. The Morgan fingerprint density at radius 1 is 1.50 bits per heavy atom. The lowest BCUT2D eigenvalue weighted by atomic mass is 9.92. The summed E-state index contributed by atoms with van der Waals surface area (Å²) in [4.78, 5) is 17.4. The van der Waals surface area contributed by atoms with Crippen LogP contribution in [-0.4, -0.2) is 28.1 Å². The first-order valence-electron chi connectivity index (χ1n) is 6.40. The number of nitrogens with one attached hydrogen (secondary N) is 1. The molecule has 2 heterocycles. The van der Waals surface area contributed by atoms with Crippen molar-refractivity contribution in [3.8, 4) is 9.88 Å². The second-order valence-electron chi connectivity index (χ2n) is 5.21. The number of aromatic nitrogens is 1. The van der Waals surface area contributed by atoms with Crippen molar-refractivity contribution in [1.82, 2.24) is 10.3 Å². The molecule has 1 amide bonds. The summed E-state index contributed by atoms with van der Waals surface area (Å²) in [6.45, 7) is 5.78. The van der Waals surface area contributed by atoms with E-state index in [1.807, 2.05) is 31.4 Å². The first-order valence-corrected chi connectivity index (χ1v) is 8.16. The van der Waals surface area contributed by atoms with E-state index in [2.05, 4.69) is 10.3 Å². The molecule has 0 saturated carbocycles. The zero-order valence-electron chi connectivity index (χ0n) is 11.7. The standard InChI is InChI=1S/C14H18N2O2S2/c1-9(2)14(3,18)8-15-12(17)10-7-20-13(16-10)11-5-4-6-19-11/h4-7,9,18H,8H2,1-3H3,(H,15,17). The number of amides is 1. The minimum absolute atomic E-state index is 0.0694. The van der Waals surface area contributed by atoms with E-state index in [0.29, 0.717) is 5.69 Å². The first kappa shape index (κ1) is 15.2. The van der Waals surface area contributed by atoms with Gasteiger partial charge in [-0.05, 0) is 24.3 Å². The molecule has 20 heavy (non-hydrogen) atoms. The van der Waals surface area contributed by atoms with Crippen LogP contribution in [-0.2, 0) is 0 Å². The number of rotatable bonds is 5. The predicted octanol–water partition coefficient (Wildman–Crippen LogP) is 3.01. The molecule has 0 aliphatic rings. The van der Waals surface area contributed by atoms with Gasteiger partial charge in [0.25, 0.3) is 5.91 Å². The highest BCUT2D eigenvalue weighted by molar-refractivity contribution is 7.20. The minimum atomic E-state index is -0.914. The molecule has 0 saturated heterocycles. The number of carbonyl (C=O) groups is 1. The van der Waals surface area contributed by atoms with E-state index in [1.54, 1.807) is 23.6 Å². The Balaban J connectivity index is 2.00. The van der Waals surface area contributed by atoms with Crippen molar-refractivity contribution in [2.24, 2.45) is 5.92 Å². The zero-order valence-corrected chi connectivity index (χ0v) is 13.3. The number of carbonyl (C=O) groups excluding carboxylic acids is 1. The molecule has 0 radical (unpaired) electrons. The van der Waals surface area contributed by atoms with Crippen molar-refractivity contribution >= 4 is 28.6 Å². The Kier molecular flexibility index (Phi) is 4.57. The summed E-state index contributed by atoms with van der Waals surface area (Å²) in [6, 6.07) is 3.94. The van der Waals surface area contributed by atoms with Crippen molar-refractivity contribution in [3.05, 3.63) is 28.6 Å². The molecule has 2 rings (SSSR count). The van der Waals surface area contributed by atoms with Crippen molar-refractivity contribution in [2.75, 3.05) is 6.54 Å². The molecular weight excluding hydrogens is 292 g/mol. The van der Waals surface area contributed by atoms with Crippen LogP contribution < -0.4 is 5.32 Å². The number of thiophene rings is 1. The number of hydrogen-bond donors (Lipinski definition) is 2. The summed E-state index contributed by atoms with van der Waals surface area (Å²) in [5, 5.41) is 17.4. The highest BCUT2D eigenvalue weighted by atomic mass is 32.1. The van der Waals surface area contributed by atoms with Gasteiger partial charge in [0.05, 0.1) is 10.5 Å². The maximum Gasteiger partial charge on any atom is 0.270 e. The van der Waals surface area contributed by atoms with Crippen molar-refractivity contribution in [2.45, 2.75) is 26.4 Å². The fourth-order valence-corrected chi connectivity index (χ4v) is 3.06. The summed E-state index contributed by atoms with van der Waals surface area (Å²) in [5.41, 5.74) is -0.514. The monoisotopic (exact) mass is 310 g/mol. The lowest BCUT2D eigenvalue weighted by molar-refractivity contribution is 0.0142. The van der Waals surface area contributed by atoms with Crippen LogP contribution in [0.2, 0.25) is 0 Å². The van der Waals surface area contributed by atoms with Crippen LogP contribution in [0.3, 0.4) is 0 Å². The second-order valence-corrected chi connectivity index (χ2v) is 7.02. The average Bonchev–Trinajstić information content (AvgIpc) is 3.05. The van der Waals surface area contributed by atoms with Gasteiger partial charge < -0.3 is 10.4 Å². The topological polar surface area (TPSA) is 62.2 Å². The van der Waals surface area contributed by atoms with Crippen LogP contribution in [0, 0.1) is 5.92 Å². The van der Waals surface area contributed by atoms with Crippen LogP contribution in [0.4, 0.5) is 0 Å². The van der Waals surface area contributed by atoms with E-state index in [4.69, 9.17) is 0 Å². The van der Waals surface area contributed by atoms with Gasteiger partial charge in [0, 0.05) is 11.9 Å². The lowest BCUT2D eigenvalue weighted by Crippen LogP contribution is -2.44. The zero-order chi connectivity index (χ0) is 14.8. The third-order valence-corrected chi connectivity index (χ3v) is 5.20. The van der Waals surface area contributed by atoms with Crippen LogP contribution in [0.1, 0.15) is 31.3 Å². The largest absolute Gasteiger partial charge is 0.388 e. The number of thiazole rings is 1. The molecule has 1 atom stereocenters. The van der Waals surface area contributed by atoms with Crippen LogP contribution >= 0.6 is 22.7 Å². The molecule has 0 aromatic carbocycles. The van der Waals surface area contributed by atoms with Gasteiger partial charge in [-0.25, -0.2) is 4.98 Å². The highest BCUT2D eigenvalue weighted by Crippen LogP contribution is 2.27. The van der Waals surface area contributed by atoms with Gasteiger partial charge in [-0.1, -0.05) is 19.9 Å². The maximum absolute atomic E-state index is 12.0. The van der Waals surface area contributed by atoms with Crippen LogP contribution in [0.15, 0.2) is 22.9 Å². The van der Waals surface area contributed by atoms with Gasteiger partial charge in [-0.3, -0.25) is 4.79 Å². The molecule has 2 aromatic heterocycles. The molecular formula is C14H18N2O2S2. The van der Waals surface area contributed by atoms with Crippen LogP contribution in [0.25, 0.3) is 9.88 Å². The van der Waals surface area contributed by atoms with Crippen molar-refractivity contribution in [3.63, 3.8) is 0 Å². The molecule has 4 nitrogen and oxygen atoms in total. The summed E-state index contributed by atoms with van der Waals surface area (Å²) >= 11 is 3.05. The van der Waals surface area contributed by atoms with Gasteiger partial charge in [-0.15, -0.1) is 22.7 Å². The van der Waals surface area contributed by atoms with E-state index in [-0.39, 0.29) is 18.4 Å². The van der Waals surface area contributed by atoms with Gasteiger partial charge in [-0.2, -0.15) is 0 Å². The quantitative estimate of drug-likeness (QED) is 0.892. The molecule has 1 unspecified atom stereocenters. The Hall–Kier alpha value is -1.24. The second kappa shape index (κ2) is 6.03. The summed E-state index contributed by atoms with van der Waals surface area (Å²) in [7, 11) is 0. The summed E-state index contributed by atoms with van der Waals surface area (Å²) in [6.07, 6.45) is 0. The smallest absolute Gasteiger partial charge is 0.270 e. The van der Waals surface area contributed by atoms with Crippen molar-refractivity contribution in [1.29, 1.82) is 0 Å². The molecule has 2 N–H and O–H groups in total. The summed E-state index contributed by atoms with van der Waals surface area (Å²) < 4.78 is 0. The maximum atomic E-state index is 12.0. The Bertz CT molecular complexity index is 574. The van der Waals surface area contributed by atoms with E-state index >= 15 is 0 Å². The molecule has 6 heteroatoms. The fraction of sp³-hybridized carbons (Fsp3) is 0.429. The molecule has 2 aromatic rings. The van der Waals surface area contributed by atoms with E-state index in [9.17, 15) is 9.90 Å². The van der Waals surface area contributed by atoms with Gasteiger partial charge >= 0.3 is 0 Å². The van der Waals surface area contributed by atoms with E-state index in [1.165, 1.54) is 11.3 Å². The molecule has 0 spiro atoms. The van der Waals surface area contributed by atoms with Gasteiger partial charge in [0.1, 0.15) is 10.7 Å². The van der Waals surface area contributed by atoms with Gasteiger partial charge in [0.15, 0.2) is 0 Å². The molecule has 0 fully saturated rings. The highest BCUT2D eigenvalue weighted by Gasteiger charge is 2.26. The Morgan fingerprint density at radius 3 is 2.85 bits per heavy atom. The fourth-order valence-electron chi connectivity index (χ4n) is 1.45. The van der Waals surface area contributed by atoms with Crippen molar-refractivity contribution < 1.29 is 9.90 Å². The molecule has 0 aliphatic carbocycles. The SMILES string of the molecule is CC(C)C(C)(O)CNC(=O)c1csc(-c2cccs2)n1. The number of hydrogen-bond acceptors (Lipinski definition) is 5. The first-order chi connectivity index (χ1) is 9.40. The number of aliphatic hydroxyl groups is 1. The van der Waals surface area contributed by atoms with Crippen LogP contribution in [0.5, 0.6) is 0 Å². The third-order valence-electron chi connectivity index (χ3n) is 3.32. The predicted molar refractivity (Wildman–Crippen MR) is 83.2 cm³/mol. The lowest BCUT2D eigenvalue weighted by Gasteiger charge is -2.27.